The molecule has 3 aliphatic carbocycles. The summed E-state index contributed by atoms with van der Waals surface area (Å²) >= 11 is 0. The molecule has 0 saturated carbocycles. The molecule has 0 aliphatic heterocycles. The molecular weight excluding hydrogens is 919 g/mol. The van der Waals surface area contributed by atoms with Gasteiger partial charge >= 0.3 is 0 Å². The molecule has 76 heavy (non-hydrogen) atoms. The lowest BCUT2D eigenvalue weighted by Crippen LogP contribution is -2.29. The van der Waals surface area contributed by atoms with Crippen molar-refractivity contribution in [1.29, 1.82) is 0 Å². The van der Waals surface area contributed by atoms with E-state index in [4.69, 9.17) is 4.74 Å². The summed E-state index contributed by atoms with van der Waals surface area (Å²) in [6.45, 7) is 12.2. The van der Waals surface area contributed by atoms with E-state index in [1.165, 1.54) is 102 Å². The first kappa shape index (κ1) is 47.5. The van der Waals surface area contributed by atoms with Crippen molar-refractivity contribution in [3.63, 3.8) is 0 Å². The zero-order chi connectivity index (χ0) is 51.5. The second-order valence-corrected chi connectivity index (χ2v) is 22.4. The lowest BCUT2D eigenvalue weighted by Gasteiger charge is -2.35. The highest BCUT2D eigenvalue weighted by molar-refractivity contribution is 5.91. The molecule has 10 aromatic rings. The number of nitrogens with zero attached hydrogens (tertiary/aromatic N) is 1. The Balaban J connectivity index is 0.856. The Morgan fingerprint density at radius 3 is 1.68 bits per heavy atom. The Labute approximate surface area is 450 Å². The van der Waals surface area contributed by atoms with Gasteiger partial charge in [0.25, 0.3) is 0 Å². The first-order valence-electron chi connectivity index (χ1n) is 27.6. The summed E-state index contributed by atoms with van der Waals surface area (Å²) < 4.78 is 6.61. The minimum atomic E-state index is -0.608. The van der Waals surface area contributed by atoms with Crippen LogP contribution < -0.4 is 9.64 Å². The molecule has 10 aromatic carbocycles. The Kier molecular flexibility index (Phi) is 12.0. The summed E-state index contributed by atoms with van der Waals surface area (Å²) in [4.78, 5) is 2.47. The number of aryl methyl sites for hydroxylation is 3. The van der Waals surface area contributed by atoms with Crippen LogP contribution in [0, 0.1) is 6.92 Å². The number of hydrogen-bond donors (Lipinski definition) is 0. The predicted molar refractivity (Wildman–Crippen MR) is 317 cm³/mol. The smallest absolute Gasteiger partial charge is 0.119 e. The Morgan fingerprint density at radius 2 is 1.03 bits per heavy atom. The van der Waals surface area contributed by atoms with Crippen LogP contribution in [0.25, 0.3) is 33.4 Å². The fraction of sp³-hybridized carbons (Fsp3) is 0.189. The number of benzene rings is 10. The van der Waals surface area contributed by atoms with E-state index in [-0.39, 0.29) is 5.41 Å². The van der Waals surface area contributed by atoms with Crippen LogP contribution in [-0.4, -0.2) is 0 Å². The van der Waals surface area contributed by atoms with Crippen molar-refractivity contribution in [2.45, 2.75) is 89.6 Å². The van der Waals surface area contributed by atoms with Crippen LogP contribution in [0.15, 0.2) is 231 Å². The van der Waals surface area contributed by atoms with E-state index in [2.05, 4.69) is 270 Å². The van der Waals surface area contributed by atoms with E-state index < -0.39 is 5.41 Å². The van der Waals surface area contributed by atoms with Gasteiger partial charge in [-0.2, -0.15) is 0 Å². The second kappa shape index (κ2) is 19.2. The summed E-state index contributed by atoms with van der Waals surface area (Å²) in [7, 11) is 0. The van der Waals surface area contributed by atoms with Crippen LogP contribution in [0.3, 0.4) is 0 Å². The maximum absolute atomic E-state index is 6.61. The average Bonchev–Trinajstić information content (AvgIpc) is 3.91. The monoisotopic (exact) mass is 984 g/mol. The van der Waals surface area contributed by atoms with Crippen LogP contribution in [0.5, 0.6) is 5.75 Å². The van der Waals surface area contributed by atoms with Gasteiger partial charge in [-0.1, -0.05) is 215 Å². The van der Waals surface area contributed by atoms with Crippen molar-refractivity contribution in [1.82, 2.24) is 0 Å². The van der Waals surface area contributed by atoms with Crippen molar-refractivity contribution in [2.75, 3.05) is 4.90 Å². The normalized spacial score (nSPS) is 16.1. The van der Waals surface area contributed by atoms with Gasteiger partial charge in [-0.15, -0.1) is 0 Å². The first-order chi connectivity index (χ1) is 37.2. The fourth-order valence-corrected chi connectivity index (χ4v) is 13.2. The topological polar surface area (TPSA) is 12.5 Å². The Morgan fingerprint density at radius 1 is 0.474 bits per heavy atom. The maximum atomic E-state index is 6.61. The van der Waals surface area contributed by atoms with Crippen LogP contribution in [-0.2, 0) is 30.3 Å². The number of ether oxygens (including phenoxy) is 1. The summed E-state index contributed by atoms with van der Waals surface area (Å²) in [6, 6.07) is 86.6. The van der Waals surface area contributed by atoms with Gasteiger partial charge in [0, 0.05) is 22.5 Å². The highest BCUT2D eigenvalue weighted by Crippen LogP contribution is 2.58. The van der Waals surface area contributed by atoms with Gasteiger partial charge < -0.3 is 9.64 Å². The molecule has 0 fully saturated rings. The Bertz CT molecular complexity index is 3760. The molecular formula is C74H65NO. The van der Waals surface area contributed by atoms with E-state index in [1.54, 1.807) is 11.1 Å². The van der Waals surface area contributed by atoms with Gasteiger partial charge in [-0.3, -0.25) is 0 Å². The third-order valence-electron chi connectivity index (χ3n) is 17.6. The molecule has 0 bridgehead atoms. The molecule has 0 amide bonds. The fourth-order valence-electron chi connectivity index (χ4n) is 13.2. The molecule has 3 aliphatic rings. The number of anilines is 3. The molecule has 0 aromatic heterocycles. The van der Waals surface area contributed by atoms with Crippen LogP contribution in [0.2, 0.25) is 0 Å². The van der Waals surface area contributed by atoms with E-state index in [9.17, 15) is 0 Å². The largest absolute Gasteiger partial charge is 0.489 e. The molecule has 0 spiro atoms. The van der Waals surface area contributed by atoms with Crippen LogP contribution >= 0.6 is 0 Å². The van der Waals surface area contributed by atoms with Gasteiger partial charge in [0.2, 0.25) is 0 Å². The maximum Gasteiger partial charge on any atom is 0.119 e. The molecule has 13 rings (SSSR count). The van der Waals surface area contributed by atoms with Crippen molar-refractivity contribution >= 4 is 17.1 Å². The molecule has 2 nitrogen and oxygen atoms in total. The summed E-state index contributed by atoms with van der Waals surface area (Å²) in [5.74, 6) is 1.91. The lowest BCUT2D eigenvalue weighted by atomic mass is 9.67. The van der Waals surface area contributed by atoms with E-state index in [0.717, 1.165) is 35.7 Å². The van der Waals surface area contributed by atoms with Gasteiger partial charge in [-0.05, 0) is 188 Å². The summed E-state index contributed by atoms with van der Waals surface area (Å²) in [6.07, 6.45) is 4.79. The lowest BCUT2D eigenvalue weighted by molar-refractivity contribution is 0.306. The van der Waals surface area contributed by atoms with Crippen molar-refractivity contribution in [3.05, 3.63) is 297 Å². The number of fused-ring (bicyclic) bond motifs is 7. The SMILES string of the molecule is CCC(CC(C)c1ccc(COc2ccc(C3(c4ccc(C)cc4)c4ccccc4-c4ccc(N(c5ccc(-c6ccccc6)cc5)c5ccc6c(c5)C(C)(C)c5ccccc5-6)cc43)cc2)cc1)c1ccc2c(c1)CC2. The summed E-state index contributed by atoms with van der Waals surface area (Å²) in [5.41, 5.74) is 26.3. The quantitative estimate of drug-likeness (QED) is 0.108. The van der Waals surface area contributed by atoms with Gasteiger partial charge in [-0.25, -0.2) is 0 Å². The number of rotatable bonds is 14. The molecule has 0 heterocycles. The van der Waals surface area contributed by atoms with E-state index in [1.807, 2.05) is 0 Å². The van der Waals surface area contributed by atoms with E-state index >= 15 is 0 Å². The standard InChI is InChI=1S/C74H65NO/c1-6-52(57-28-26-56-27-29-58(56)45-57)44-50(3)53-24-22-51(23-25-53)48-76-64-40-34-60(35-41-64)74(59-32-20-49(2)21-33-59)70-19-13-11-17-66(70)68-43-39-63(47-72(68)74)75(61-36-30-55(31-37-61)54-14-8-7-9-15-54)62-38-42-67-65-16-10-12-18-69(65)73(4,5)71(67)46-62/h7-26,28,30-43,45-47,50,52H,6,27,29,44,48H2,1-5H3. The summed E-state index contributed by atoms with van der Waals surface area (Å²) in [5, 5.41) is 0. The highest BCUT2D eigenvalue weighted by atomic mass is 16.5. The molecule has 3 unspecified atom stereocenters. The first-order valence-corrected chi connectivity index (χ1v) is 27.6. The second-order valence-electron chi connectivity index (χ2n) is 22.4. The third kappa shape index (κ3) is 8.09. The Hall–Kier alpha value is -8.20. The average molecular weight is 984 g/mol. The molecule has 372 valence electrons. The van der Waals surface area contributed by atoms with Gasteiger partial charge in [0.15, 0.2) is 0 Å². The highest BCUT2D eigenvalue weighted by Gasteiger charge is 2.46. The molecule has 0 saturated heterocycles. The van der Waals surface area contributed by atoms with Crippen LogP contribution in [0.1, 0.15) is 119 Å². The third-order valence-corrected chi connectivity index (χ3v) is 17.6. The zero-order valence-electron chi connectivity index (χ0n) is 44.5. The zero-order valence-corrected chi connectivity index (χ0v) is 44.5. The van der Waals surface area contributed by atoms with E-state index in [0.29, 0.717) is 18.4 Å². The molecule has 2 heteroatoms. The predicted octanol–water partition coefficient (Wildman–Crippen LogP) is 19.2. The molecule has 0 N–H and O–H groups in total. The minimum absolute atomic E-state index is 0.147. The molecule has 0 radical (unpaired) electrons. The van der Waals surface area contributed by atoms with Crippen molar-refractivity contribution in [3.8, 4) is 39.1 Å². The van der Waals surface area contributed by atoms with Gasteiger partial charge in [0.1, 0.15) is 12.4 Å². The van der Waals surface area contributed by atoms with Crippen molar-refractivity contribution < 1.29 is 4.74 Å². The van der Waals surface area contributed by atoms with Crippen molar-refractivity contribution in [2.24, 2.45) is 0 Å². The number of hydrogen-bond acceptors (Lipinski definition) is 2. The molecule has 3 atom stereocenters. The van der Waals surface area contributed by atoms with Crippen LogP contribution in [0.4, 0.5) is 17.1 Å². The minimum Gasteiger partial charge on any atom is -0.489 e. The van der Waals surface area contributed by atoms with Gasteiger partial charge in [0.05, 0.1) is 5.41 Å².